The number of aliphatic hydroxyl groups is 2. The van der Waals surface area contributed by atoms with E-state index in [9.17, 15) is 10.2 Å². The standard InChI is InChI=1S/C24H40O2/c1-16(15-25)19-6-5-7-20-18-9-8-17-14-22(2,26)12-13-23(17,3)21(18)10-11-24(19,20)4/h8,16,18-21,25-26H,5-7,9-15H2,1-4H3/t16-,18?,19?,20?,21?,22+,23?,24?/m1/s1. The van der Waals surface area contributed by atoms with Crippen LogP contribution in [-0.4, -0.2) is 22.4 Å². The van der Waals surface area contributed by atoms with Crippen molar-refractivity contribution in [3.05, 3.63) is 11.6 Å². The normalized spacial score (nSPS) is 52.3. The lowest BCUT2D eigenvalue weighted by Crippen LogP contribution is -2.55. The molecule has 2 N–H and O–H groups in total. The summed E-state index contributed by atoms with van der Waals surface area (Å²) < 4.78 is 0. The van der Waals surface area contributed by atoms with Gasteiger partial charge >= 0.3 is 0 Å². The van der Waals surface area contributed by atoms with Gasteiger partial charge in [-0.05, 0) is 98.7 Å². The number of rotatable bonds is 2. The van der Waals surface area contributed by atoms with E-state index in [1.807, 2.05) is 6.92 Å². The average Bonchev–Trinajstić information content (AvgIpc) is 2.60. The van der Waals surface area contributed by atoms with Crippen LogP contribution in [0.2, 0.25) is 0 Å². The first-order chi connectivity index (χ1) is 12.2. The summed E-state index contributed by atoms with van der Waals surface area (Å²) in [4.78, 5) is 0. The van der Waals surface area contributed by atoms with E-state index in [4.69, 9.17) is 0 Å². The second kappa shape index (κ2) is 6.34. The van der Waals surface area contributed by atoms with Crippen LogP contribution in [0.5, 0.6) is 0 Å². The quantitative estimate of drug-likeness (QED) is 0.653. The number of fused-ring (bicyclic) bond motifs is 5. The van der Waals surface area contributed by atoms with Crippen LogP contribution in [-0.2, 0) is 0 Å². The molecule has 148 valence electrons. The third-order valence-corrected chi connectivity index (χ3v) is 9.67. The van der Waals surface area contributed by atoms with Crippen molar-refractivity contribution in [3.63, 3.8) is 0 Å². The summed E-state index contributed by atoms with van der Waals surface area (Å²) in [5, 5.41) is 20.4. The van der Waals surface area contributed by atoms with Crippen molar-refractivity contribution < 1.29 is 10.2 Å². The molecule has 0 aromatic carbocycles. The summed E-state index contributed by atoms with van der Waals surface area (Å²) in [6.07, 6.45) is 13.5. The Morgan fingerprint density at radius 2 is 1.85 bits per heavy atom. The van der Waals surface area contributed by atoms with Gasteiger partial charge in [0, 0.05) is 6.61 Å². The van der Waals surface area contributed by atoms with Crippen LogP contribution in [0.15, 0.2) is 11.6 Å². The number of hydrogen-bond donors (Lipinski definition) is 2. The highest BCUT2D eigenvalue weighted by Gasteiger charge is 2.58. The Morgan fingerprint density at radius 1 is 1.08 bits per heavy atom. The Hall–Kier alpha value is -0.340. The Labute approximate surface area is 160 Å². The zero-order valence-corrected chi connectivity index (χ0v) is 17.4. The molecule has 0 bridgehead atoms. The maximum Gasteiger partial charge on any atom is 0.0657 e. The zero-order valence-electron chi connectivity index (χ0n) is 17.4. The maximum atomic E-state index is 10.6. The SMILES string of the molecule is C[C@H](CO)C1CCCC2C3CC=C4C[C@@](C)(O)CCC4(C)C3CCC21C. The molecule has 2 nitrogen and oxygen atoms in total. The largest absolute Gasteiger partial charge is 0.396 e. The third-order valence-electron chi connectivity index (χ3n) is 9.67. The highest BCUT2D eigenvalue weighted by Crippen LogP contribution is 2.66. The van der Waals surface area contributed by atoms with Crippen LogP contribution in [0, 0.1) is 40.4 Å². The second-order valence-corrected chi connectivity index (χ2v) is 11.2. The summed E-state index contributed by atoms with van der Waals surface area (Å²) >= 11 is 0. The minimum Gasteiger partial charge on any atom is -0.396 e. The predicted octanol–water partition coefficient (Wildman–Crippen LogP) is 5.33. The van der Waals surface area contributed by atoms with Crippen LogP contribution in [0.3, 0.4) is 0 Å². The molecule has 0 saturated heterocycles. The molecular weight excluding hydrogens is 320 g/mol. The van der Waals surface area contributed by atoms with Crippen molar-refractivity contribution >= 4 is 0 Å². The van der Waals surface area contributed by atoms with Gasteiger partial charge in [-0.3, -0.25) is 0 Å². The summed E-state index contributed by atoms with van der Waals surface area (Å²) in [6, 6.07) is 0. The molecule has 0 heterocycles. The van der Waals surface area contributed by atoms with Gasteiger partial charge in [-0.1, -0.05) is 38.8 Å². The molecule has 0 radical (unpaired) electrons. The van der Waals surface area contributed by atoms with Crippen LogP contribution in [0.25, 0.3) is 0 Å². The fraction of sp³-hybridized carbons (Fsp3) is 0.917. The van der Waals surface area contributed by atoms with E-state index in [1.165, 1.54) is 38.5 Å². The van der Waals surface area contributed by atoms with Crippen molar-refractivity contribution in [2.45, 2.75) is 91.1 Å². The van der Waals surface area contributed by atoms with Gasteiger partial charge in [-0.2, -0.15) is 0 Å². The first-order valence-electron chi connectivity index (χ1n) is 11.2. The van der Waals surface area contributed by atoms with Gasteiger partial charge in [0.2, 0.25) is 0 Å². The van der Waals surface area contributed by atoms with E-state index in [1.54, 1.807) is 5.57 Å². The van der Waals surface area contributed by atoms with Crippen molar-refractivity contribution in [1.82, 2.24) is 0 Å². The summed E-state index contributed by atoms with van der Waals surface area (Å²) in [5.74, 6) is 3.58. The Balaban J connectivity index is 1.64. The van der Waals surface area contributed by atoms with E-state index in [-0.39, 0.29) is 0 Å². The van der Waals surface area contributed by atoms with E-state index >= 15 is 0 Å². The van der Waals surface area contributed by atoms with Crippen LogP contribution in [0.1, 0.15) is 85.5 Å². The summed E-state index contributed by atoms with van der Waals surface area (Å²) in [5.41, 5.74) is 1.81. The van der Waals surface area contributed by atoms with Crippen molar-refractivity contribution in [3.8, 4) is 0 Å². The first kappa shape index (κ1) is 19.0. The average molecular weight is 361 g/mol. The van der Waals surface area contributed by atoms with Crippen molar-refractivity contribution in [2.24, 2.45) is 40.4 Å². The van der Waals surface area contributed by atoms with Crippen molar-refractivity contribution in [1.29, 1.82) is 0 Å². The molecule has 6 unspecified atom stereocenters. The molecule has 0 aliphatic heterocycles. The number of aliphatic hydroxyl groups excluding tert-OH is 1. The van der Waals surface area contributed by atoms with Crippen LogP contribution in [0.4, 0.5) is 0 Å². The highest BCUT2D eigenvalue weighted by atomic mass is 16.3. The van der Waals surface area contributed by atoms with Crippen molar-refractivity contribution in [2.75, 3.05) is 6.61 Å². The van der Waals surface area contributed by atoms with Gasteiger partial charge in [-0.25, -0.2) is 0 Å². The van der Waals surface area contributed by atoms with E-state index in [0.717, 1.165) is 37.0 Å². The number of hydrogen-bond acceptors (Lipinski definition) is 2. The molecule has 4 aliphatic rings. The molecule has 0 amide bonds. The van der Waals surface area contributed by atoms with Gasteiger partial charge in [0.15, 0.2) is 0 Å². The van der Waals surface area contributed by atoms with E-state index in [2.05, 4.69) is 26.8 Å². The second-order valence-electron chi connectivity index (χ2n) is 11.2. The Bertz CT molecular complexity index is 579. The third kappa shape index (κ3) is 2.73. The van der Waals surface area contributed by atoms with Gasteiger partial charge in [0.05, 0.1) is 5.60 Å². The summed E-state index contributed by atoms with van der Waals surface area (Å²) in [7, 11) is 0. The van der Waals surface area contributed by atoms with Gasteiger partial charge in [0.1, 0.15) is 0 Å². The van der Waals surface area contributed by atoms with Crippen LogP contribution < -0.4 is 0 Å². The molecule has 3 saturated carbocycles. The van der Waals surface area contributed by atoms with Gasteiger partial charge < -0.3 is 10.2 Å². The lowest BCUT2D eigenvalue weighted by molar-refractivity contribution is -0.117. The summed E-state index contributed by atoms with van der Waals surface area (Å²) in [6.45, 7) is 9.73. The first-order valence-corrected chi connectivity index (χ1v) is 11.2. The highest BCUT2D eigenvalue weighted by molar-refractivity contribution is 5.26. The smallest absolute Gasteiger partial charge is 0.0657 e. The molecule has 0 aromatic heterocycles. The number of allylic oxidation sites excluding steroid dienone is 1. The fourth-order valence-corrected chi connectivity index (χ4v) is 8.11. The lowest BCUT2D eigenvalue weighted by Gasteiger charge is -2.63. The molecule has 8 atom stereocenters. The molecule has 4 rings (SSSR count). The topological polar surface area (TPSA) is 40.5 Å². The predicted molar refractivity (Wildman–Crippen MR) is 107 cm³/mol. The minimum absolute atomic E-state index is 0.321. The molecule has 0 spiro atoms. The van der Waals surface area contributed by atoms with Gasteiger partial charge in [0.25, 0.3) is 0 Å². The van der Waals surface area contributed by atoms with Gasteiger partial charge in [-0.15, -0.1) is 0 Å². The van der Waals surface area contributed by atoms with E-state index in [0.29, 0.717) is 29.3 Å². The zero-order chi connectivity index (χ0) is 18.7. The maximum absolute atomic E-state index is 10.6. The molecule has 4 aliphatic carbocycles. The molecule has 3 fully saturated rings. The molecule has 26 heavy (non-hydrogen) atoms. The molecular formula is C24H40O2. The monoisotopic (exact) mass is 360 g/mol. The van der Waals surface area contributed by atoms with E-state index < -0.39 is 5.60 Å². The minimum atomic E-state index is -0.492. The lowest BCUT2D eigenvalue weighted by atomic mass is 9.42. The van der Waals surface area contributed by atoms with Crippen LogP contribution >= 0.6 is 0 Å². The molecule has 0 aromatic rings. The Kier molecular flexibility index (Phi) is 4.63. The Morgan fingerprint density at radius 3 is 2.58 bits per heavy atom. The fourth-order valence-electron chi connectivity index (χ4n) is 8.11. The molecule has 2 heteroatoms.